The molecular weight excluding hydrogens is 162 g/mol. The maximum Gasteiger partial charge on any atom is 0.0462 e. The fourth-order valence-corrected chi connectivity index (χ4v) is 2.20. The molecule has 0 aromatic rings. The molecule has 2 heteroatoms. The third kappa shape index (κ3) is 3.65. The lowest BCUT2D eigenvalue weighted by atomic mass is 9.71. The molecule has 0 aromatic carbocycles. The van der Waals surface area contributed by atoms with Crippen LogP contribution in [0.5, 0.6) is 0 Å². The van der Waals surface area contributed by atoms with E-state index in [9.17, 15) is 0 Å². The number of nitrogens with one attached hydrogen (secondary N) is 1. The van der Waals surface area contributed by atoms with Gasteiger partial charge in [0.1, 0.15) is 0 Å². The summed E-state index contributed by atoms with van der Waals surface area (Å²) in [5, 5.41) is 3.28. The first kappa shape index (κ1) is 11.0. The number of methoxy groups -OCH3 is 1. The van der Waals surface area contributed by atoms with Crippen molar-refractivity contribution in [3.8, 4) is 0 Å². The Morgan fingerprint density at radius 3 is 2.54 bits per heavy atom. The molecule has 0 spiro atoms. The lowest BCUT2D eigenvalue weighted by Gasteiger charge is -2.36. The van der Waals surface area contributed by atoms with Crippen LogP contribution >= 0.6 is 0 Å². The minimum Gasteiger partial charge on any atom is -0.385 e. The van der Waals surface area contributed by atoms with E-state index in [-0.39, 0.29) is 0 Å². The maximum atomic E-state index is 5.04. The third-order valence-corrected chi connectivity index (χ3v) is 3.21. The molecule has 0 bridgehead atoms. The fraction of sp³-hybridized carbons (Fsp3) is 1.00. The summed E-state index contributed by atoms with van der Waals surface area (Å²) in [5.41, 5.74) is 0. The van der Waals surface area contributed by atoms with Crippen LogP contribution in [0.15, 0.2) is 0 Å². The molecule has 0 radical (unpaired) electrons. The van der Waals surface area contributed by atoms with Gasteiger partial charge in [-0.25, -0.2) is 0 Å². The highest BCUT2D eigenvalue weighted by Crippen LogP contribution is 2.37. The Morgan fingerprint density at radius 1 is 1.23 bits per heavy atom. The Balaban J connectivity index is 1.95. The number of unbranched alkanes of at least 4 members (excludes halogenated alkanes) is 1. The van der Waals surface area contributed by atoms with Crippen LogP contribution in [0.1, 0.15) is 32.1 Å². The topological polar surface area (TPSA) is 21.3 Å². The molecule has 2 unspecified atom stereocenters. The standard InChI is InChI=1S/C11H23NO/c1-12-9-11-7-6-10(11)5-3-4-8-13-2/h10-12H,3-9H2,1-2H3. The van der Waals surface area contributed by atoms with Crippen molar-refractivity contribution in [3.05, 3.63) is 0 Å². The summed E-state index contributed by atoms with van der Waals surface area (Å²) in [7, 11) is 3.84. The molecule has 13 heavy (non-hydrogen) atoms. The summed E-state index contributed by atoms with van der Waals surface area (Å²) in [6, 6.07) is 0. The summed E-state index contributed by atoms with van der Waals surface area (Å²) in [4.78, 5) is 0. The van der Waals surface area contributed by atoms with Crippen molar-refractivity contribution < 1.29 is 4.74 Å². The fourth-order valence-electron chi connectivity index (χ4n) is 2.20. The van der Waals surface area contributed by atoms with Gasteiger partial charge in [-0.3, -0.25) is 0 Å². The maximum absolute atomic E-state index is 5.04. The van der Waals surface area contributed by atoms with E-state index < -0.39 is 0 Å². The van der Waals surface area contributed by atoms with E-state index in [1.165, 1.54) is 38.6 Å². The number of hydrogen-bond acceptors (Lipinski definition) is 2. The molecule has 1 rings (SSSR count). The Kier molecular flexibility index (Phi) is 5.40. The molecular formula is C11H23NO. The molecule has 0 heterocycles. The van der Waals surface area contributed by atoms with Gasteiger partial charge in [0.2, 0.25) is 0 Å². The summed E-state index contributed by atoms with van der Waals surface area (Å²) < 4.78 is 5.04. The van der Waals surface area contributed by atoms with Crippen molar-refractivity contribution >= 4 is 0 Å². The predicted molar refractivity (Wildman–Crippen MR) is 55.9 cm³/mol. The number of rotatable bonds is 7. The zero-order valence-corrected chi connectivity index (χ0v) is 9.01. The second-order valence-corrected chi connectivity index (χ2v) is 4.14. The van der Waals surface area contributed by atoms with Gasteiger partial charge < -0.3 is 10.1 Å². The third-order valence-electron chi connectivity index (χ3n) is 3.21. The Labute approximate surface area is 82.0 Å². The normalized spacial score (nSPS) is 27.2. The van der Waals surface area contributed by atoms with Crippen molar-refractivity contribution in [2.75, 3.05) is 27.3 Å². The van der Waals surface area contributed by atoms with Crippen LogP contribution in [0.2, 0.25) is 0 Å². The molecule has 1 N–H and O–H groups in total. The molecule has 0 aromatic heterocycles. The van der Waals surface area contributed by atoms with E-state index >= 15 is 0 Å². The SMILES string of the molecule is CNCC1CCC1CCCCOC. The highest BCUT2D eigenvalue weighted by atomic mass is 16.5. The highest BCUT2D eigenvalue weighted by molar-refractivity contribution is 4.81. The van der Waals surface area contributed by atoms with E-state index in [1.54, 1.807) is 7.11 Å². The molecule has 0 aliphatic heterocycles. The molecule has 0 saturated heterocycles. The molecule has 1 aliphatic rings. The van der Waals surface area contributed by atoms with Gasteiger partial charge in [0.15, 0.2) is 0 Å². The van der Waals surface area contributed by atoms with E-state index in [0.717, 1.165) is 18.4 Å². The van der Waals surface area contributed by atoms with Gasteiger partial charge in [-0.05, 0) is 44.7 Å². The van der Waals surface area contributed by atoms with Gasteiger partial charge >= 0.3 is 0 Å². The minimum atomic E-state index is 0.934. The van der Waals surface area contributed by atoms with Gasteiger partial charge in [0, 0.05) is 13.7 Å². The van der Waals surface area contributed by atoms with Crippen molar-refractivity contribution in [1.82, 2.24) is 5.32 Å². The van der Waals surface area contributed by atoms with E-state index in [0.29, 0.717) is 0 Å². The Morgan fingerprint density at radius 2 is 2.00 bits per heavy atom. The van der Waals surface area contributed by atoms with Crippen LogP contribution in [-0.4, -0.2) is 27.3 Å². The summed E-state index contributed by atoms with van der Waals surface area (Å²) in [6.07, 6.45) is 6.89. The van der Waals surface area contributed by atoms with Crippen LogP contribution in [0.4, 0.5) is 0 Å². The van der Waals surface area contributed by atoms with Crippen molar-refractivity contribution in [2.45, 2.75) is 32.1 Å². The average molecular weight is 185 g/mol. The predicted octanol–water partition coefficient (Wildman–Crippen LogP) is 2.05. The molecule has 1 aliphatic carbocycles. The second kappa shape index (κ2) is 6.39. The molecule has 2 nitrogen and oxygen atoms in total. The number of ether oxygens (including phenoxy) is 1. The second-order valence-electron chi connectivity index (χ2n) is 4.14. The zero-order chi connectivity index (χ0) is 9.52. The van der Waals surface area contributed by atoms with Gasteiger partial charge in [0.05, 0.1) is 0 Å². The lowest BCUT2D eigenvalue weighted by molar-refractivity contribution is 0.147. The van der Waals surface area contributed by atoms with E-state index in [4.69, 9.17) is 4.74 Å². The lowest BCUT2D eigenvalue weighted by Crippen LogP contribution is -2.33. The Hall–Kier alpha value is -0.0800. The van der Waals surface area contributed by atoms with Crippen molar-refractivity contribution in [1.29, 1.82) is 0 Å². The van der Waals surface area contributed by atoms with Crippen LogP contribution in [0, 0.1) is 11.8 Å². The van der Waals surface area contributed by atoms with Crippen molar-refractivity contribution in [2.24, 2.45) is 11.8 Å². The van der Waals surface area contributed by atoms with Gasteiger partial charge in [-0.1, -0.05) is 12.8 Å². The molecule has 1 fully saturated rings. The Bertz CT molecular complexity index is 127. The molecule has 0 amide bonds. The van der Waals surface area contributed by atoms with Crippen LogP contribution in [0.3, 0.4) is 0 Å². The van der Waals surface area contributed by atoms with Crippen LogP contribution < -0.4 is 5.32 Å². The zero-order valence-electron chi connectivity index (χ0n) is 9.01. The van der Waals surface area contributed by atoms with Gasteiger partial charge in [-0.15, -0.1) is 0 Å². The average Bonchev–Trinajstić information content (AvgIpc) is 2.12. The first-order chi connectivity index (χ1) is 6.38. The van der Waals surface area contributed by atoms with E-state index in [2.05, 4.69) is 12.4 Å². The largest absolute Gasteiger partial charge is 0.385 e. The van der Waals surface area contributed by atoms with Crippen LogP contribution in [-0.2, 0) is 4.74 Å². The van der Waals surface area contributed by atoms with Gasteiger partial charge in [-0.2, -0.15) is 0 Å². The summed E-state index contributed by atoms with van der Waals surface area (Å²) >= 11 is 0. The smallest absolute Gasteiger partial charge is 0.0462 e. The molecule has 78 valence electrons. The first-order valence-electron chi connectivity index (χ1n) is 5.52. The molecule has 2 atom stereocenters. The highest BCUT2D eigenvalue weighted by Gasteiger charge is 2.28. The molecule has 1 saturated carbocycles. The van der Waals surface area contributed by atoms with Crippen LogP contribution in [0.25, 0.3) is 0 Å². The van der Waals surface area contributed by atoms with Crippen molar-refractivity contribution in [3.63, 3.8) is 0 Å². The summed E-state index contributed by atoms with van der Waals surface area (Å²) in [5.74, 6) is 1.97. The first-order valence-corrected chi connectivity index (χ1v) is 5.52. The van der Waals surface area contributed by atoms with Gasteiger partial charge in [0.25, 0.3) is 0 Å². The minimum absolute atomic E-state index is 0.934. The monoisotopic (exact) mass is 185 g/mol. The summed E-state index contributed by atoms with van der Waals surface area (Å²) in [6.45, 7) is 2.15. The van der Waals surface area contributed by atoms with E-state index in [1.807, 2.05) is 0 Å². The quantitative estimate of drug-likeness (QED) is 0.613. The number of hydrogen-bond donors (Lipinski definition) is 1.